The third-order valence-electron chi connectivity index (χ3n) is 2.53. The zero-order valence-corrected chi connectivity index (χ0v) is 12.2. The Labute approximate surface area is 115 Å². The van der Waals surface area contributed by atoms with Crippen molar-refractivity contribution in [2.45, 2.75) is 25.2 Å². The van der Waals surface area contributed by atoms with Gasteiger partial charge in [0.2, 0.25) is 10.0 Å². The van der Waals surface area contributed by atoms with Crippen LogP contribution >= 0.6 is 11.3 Å². The quantitative estimate of drug-likeness (QED) is 0.862. The number of carbonyl (C=O) groups is 1. The second-order valence-corrected chi connectivity index (χ2v) is 6.90. The molecule has 0 saturated carbocycles. The Morgan fingerprint density at radius 3 is 2.63 bits per heavy atom. The van der Waals surface area contributed by atoms with E-state index in [1.807, 2.05) is 6.07 Å². The third-order valence-corrected chi connectivity index (χ3v) is 5.79. The van der Waals surface area contributed by atoms with Gasteiger partial charge in [-0.1, -0.05) is 6.92 Å². The number of rotatable bonds is 6. The number of nitrogens with zero attached hydrogens (tertiary/aromatic N) is 2. The highest BCUT2D eigenvalue weighted by molar-refractivity contribution is 7.89. The first-order valence-corrected chi connectivity index (χ1v) is 7.81. The second-order valence-electron chi connectivity index (χ2n) is 3.74. The van der Waals surface area contributed by atoms with E-state index in [0.717, 1.165) is 11.3 Å². The standard InChI is InChI=1S/C11H14N2O4S2/c1-3-13(6-4-5-12)19(16,17)10-7-9(11(14)15)18-8(10)2/h7H,3-4,6H2,1-2H3,(H,14,15). The number of hydrogen-bond donors (Lipinski definition) is 1. The molecule has 0 amide bonds. The molecule has 1 aromatic heterocycles. The molecular weight excluding hydrogens is 288 g/mol. The summed E-state index contributed by atoms with van der Waals surface area (Å²) in [5.41, 5.74) is 0. The molecule has 1 heterocycles. The van der Waals surface area contributed by atoms with Gasteiger partial charge in [0.25, 0.3) is 0 Å². The molecule has 19 heavy (non-hydrogen) atoms. The highest BCUT2D eigenvalue weighted by atomic mass is 32.2. The van der Waals surface area contributed by atoms with Crippen LogP contribution in [0.25, 0.3) is 0 Å². The van der Waals surface area contributed by atoms with Gasteiger partial charge >= 0.3 is 5.97 Å². The number of sulfonamides is 1. The Kier molecular flexibility index (Phi) is 5.05. The van der Waals surface area contributed by atoms with E-state index in [9.17, 15) is 13.2 Å². The smallest absolute Gasteiger partial charge is 0.345 e. The van der Waals surface area contributed by atoms with E-state index in [0.29, 0.717) is 4.88 Å². The molecule has 0 saturated heterocycles. The van der Waals surface area contributed by atoms with Crippen molar-refractivity contribution >= 4 is 27.3 Å². The summed E-state index contributed by atoms with van der Waals surface area (Å²) in [6.45, 7) is 3.59. The maximum Gasteiger partial charge on any atom is 0.345 e. The van der Waals surface area contributed by atoms with Gasteiger partial charge in [-0.25, -0.2) is 13.2 Å². The first kappa shape index (κ1) is 15.6. The molecular formula is C11H14N2O4S2. The predicted octanol–water partition coefficient (Wildman–Crippen LogP) is 1.68. The summed E-state index contributed by atoms with van der Waals surface area (Å²) in [7, 11) is -3.74. The van der Waals surface area contributed by atoms with Crippen molar-refractivity contribution in [3.8, 4) is 6.07 Å². The van der Waals surface area contributed by atoms with Crippen LogP contribution in [0.3, 0.4) is 0 Å². The van der Waals surface area contributed by atoms with Crippen LogP contribution in [0.4, 0.5) is 0 Å². The Balaban J connectivity index is 3.19. The minimum Gasteiger partial charge on any atom is -0.477 e. The fraction of sp³-hybridized carbons (Fsp3) is 0.455. The van der Waals surface area contributed by atoms with Crippen LogP contribution in [-0.4, -0.2) is 36.9 Å². The van der Waals surface area contributed by atoms with Gasteiger partial charge in [0.1, 0.15) is 4.88 Å². The Morgan fingerprint density at radius 2 is 2.21 bits per heavy atom. The summed E-state index contributed by atoms with van der Waals surface area (Å²) in [5.74, 6) is -1.14. The van der Waals surface area contributed by atoms with Crippen molar-refractivity contribution in [1.82, 2.24) is 4.31 Å². The number of aryl methyl sites for hydroxylation is 1. The fourth-order valence-electron chi connectivity index (χ4n) is 1.59. The van der Waals surface area contributed by atoms with Crippen LogP contribution in [0.5, 0.6) is 0 Å². The molecule has 1 N–H and O–H groups in total. The largest absolute Gasteiger partial charge is 0.477 e. The van der Waals surface area contributed by atoms with E-state index in [1.54, 1.807) is 13.8 Å². The molecule has 8 heteroatoms. The molecule has 6 nitrogen and oxygen atoms in total. The van der Waals surface area contributed by atoms with Crippen molar-refractivity contribution in [3.63, 3.8) is 0 Å². The lowest BCUT2D eigenvalue weighted by molar-refractivity contribution is 0.0702. The highest BCUT2D eigenvalue weighted by Crippen LogP contribution is 2.28. The minimum atomic E-state index is -3.74. The van der Waals surface area contributed by atoms with Crippen LogP contribution in [0, 0.1) is 18.3 Å². The first-order valence-electron chi connectivity index (χ1n) is 5.55. The lowest BCUT2D eigenvalue weighted by atomic mass is 10.4. The fourth-order valence-corrected chi connectivity index (χ4v) is 4.44. The predicted molar refractivity (Wildman–Crippen MR) is 70.7 cm³/mol. The van der Waals surface area contributed by atoms with E-state index in [-0.39, 0.29) is 29.3 Å². The van der Waals surface area contributed by atoms with E-state index >= 15 is 0 Å². The van der Waals surface area contributed by atoms with E-state index in [1.165, 1.54) is 10.4 Å². The summed E-state index contributed by atoms with van der Waals surface area (Å²) < 4.78 is 25.9. The Hall–Kier alpha value is -1.43. The molecule has 1 rings (SSSR count). The van der Waals surface area contributed by atoms with Gasteiger partial charge in [0.15, 0.2) is 0 Å². The topological polar surface area (TPSA) is 98.5 Å². The van der Waals surface area contributed by atoms with Gasteiger partial charge in [-0.15, -0.1) is 11.3 Å². The van der Waals surface area contributed by atoms with Crippen LogP contribution in [-0.2, 0) is 10.0 Å². The lowest BCUT2D eigenvalue weighted by Gasteiger charge is -2.18. The van der Waals surface area contributed by atoms with Crippen LogP contribution < -0.4 is 0 Å². The molecule has 104 valence electrons. The van der Waals surface area contributed by atoms with Gasteiger partial charge in [-0.3, -0.25) is 0 Å². The molecule has 0 bridgehead atoms. The van der Waals surface area contributed by atoms with Crippen LogP contribution in [0.15, 0.2) is 11.0 Å². The summed E-state index contributed by atoms with van der Waals surface area (Å²) in [4.78, 5) is 11.3. The average molecular weight is 302 g/mol. The summed E-state index contributed by atoms with van der Waals surface area (Å²) in [5, 5.41) is 17.4. The highest BCUT2D eigenvalue weighted by Gasteiger charge is 2.27. The van der Waals surface area contributed by atoms with Crippen molar-refractivity contribution in [2.24, 2.45) is 0 Å². The molecule has 0 spiro atoms. The first-order chi connectivity index (χ1) is 8.84. The molecule has 0 aliphatic rings. The van der Waals surface area contributed by atoms with E-state index < -0.39 is 16.0 Å². The maximum absolute atomic E-state index is 12.4. The number of thiophene rings is 1. The van der Waals surface area contributed by atoms with E-state index in [2.05, 4.69) is 0 Å². The monoisotopic (exact) mass is 302 g/mol. The molecule has 0 unspecified atom stereocenters. The molecule has 0 aromatic carbocycles. The van der Waals surface area contributed by atoms with Gasteiger partial charge in [-0.05, 0) is 13.0 Å². The normalized spacial score (nSPS) is 11.5. The summed E-state index contributed by atoms with van der Waals surface area (Å²) in [6, 6.07) is 3.07. The second kappa shape index (κ2) is 6.14. The average Bonchev–Trinajstić information content (AvgIpc) is 2.73. The van der Waals surface area contributed by atoms with Gasteiger partial charge in [-0.2, -0.15) is 9.57 Å². The molecule has 0 radical (unpaired) electrons. The zero-order chi connectivity index (χ0) is 14.6. The van der Waals surface area contributed by atoms with Crippen molar-refractivity contribution < 1.29 is 18.3 Å². The summed E-state index contributed by atoms with van der Waals surface area (Å²) in [6.07, 6.45) is 0.0992. The number of aromatic carboxylic acids is 1. The number of nitriles is 1. The number of hydrogen-bond acceptors (Lipinski definition) is 5. The number of carboxylic acid groups (broad SMARTS) is 1. The number of carboxylic acids is 1. The molecule has 1 aromatic rings. The summed E-state index contributed by atoms with van der Waals surface area (Å²) >= 11 is 0.931. The van der Waals surface area contributed by atoms with Gasteiger partial charge < -0.3 is 5.11 Å². The molecule has 0 aliphatic heterocycles. The van der Waals surface area contributed by atoms with Crippen LogP contribution in [0.2, 0.25) is 0 Å². The lowest BCUT2D eigenvalue weighted by Crippen LogP contribution is -2.31. The van der Waals surface area contributed by atoms with Crippen molar-refractivity contribution in [3.05, 3.63) is 15.8 Å². The Bertz CT molecular complexity index is 613. The molecule has 0 aliphatic carbocycles. The van der Waals surface area contributed by atoms with Crippen LogP contribution in [0.1, 0.15) is 27.9 Å². The third kappa shape index (κ3) is 3.32. The zero-order valence-electron chi connectivity index (χ0n) is 10.6. The Morgan fingerprint density at radius 1 is 1.58 bits per heavy atom. The van der Waals surface area contributed by atoms with E-state index in [4.69, 9.17) is 10.4 Å². The van der Waals surface area contributed by atoms with Gasteiger partial charge in [0.05, 0.1) is 11.0 Å². The van der Waals surface area contributed by atoms with Crippen molar-refractivity contribution in [1.29, 1.82) is 5.26 Å². The maximum atomic E-state index is 12.4. The SMILES string of the molecule is CCN(CCC#N)S(=O)(=O)c1cc(C(=O)O)sc1C. The molecule has 0 fully saturated rings. The van der Waals surface area contributed by atoms with Crippen molar-refractivity contribution in [2.75, 3.05) is 13.1 Å². The minimum absolute atomic E-state index is 0.00703. The molecule has 0 atom stereocenters. The van der Waals surface area contributed by atoms with Gasteiger partial charge in [0, 0.05) is 24.4 Å².